The minimum atomic E-state index is 0.487. The Hall–Kier alpha value is -4.33. The summed E-state index contributed by atoms with van der Waals surface area (Å²) in [6.45, 7) is 17.1. The second kappa shape index (κ2) is 13.1. The van der Waals surface area contributed by atoms with Gasteiger partial charge in [0, 0.05) is 35.5 Å². The Labute approximate surface area is 261 Å². The summed E-state index contributed by atoms with van der Waals surface area (Å²) in [5, 5.41) is 14.1. The van der Waals surface area contributed by atoms with Crippen LogP contribution in [0.3, 0.4) is 0 Å². The molecule has 6 rings (SSSR count). The lowest BCUT2D eigenvalue weighted by Gasteiger charge is -2.14. The number of benzene rings is 1. The molecule has 0 aliphatic carbocycles. The molecular formula is C36H46N8. The summed E-state index contributed by atoms with van der Waals surface area (Å²) in [5.74, 6) is 1.08. The second-order valence-electron chi connectivity index (χ2n) is 11.9. The first kappa shape index (κ1) is 31.1. The molecule has 0 radical (unpaired) electrons. The van der Waals surface area contributed by atoms with Crippen molar-refractivity contribution < 1.29 is 0 Å². The Kier molecular flexibility index (Phi) is 9.28. The van der Waals surface area contributed by atoms with E-state index in [2.05, 4.69) is 82.1 Å². The molecular weight excluding hydrogens is 544 g/mol. The minimum absolute atomic E-state index is 0.487. The van der Waals surface area contributed by atoms with E-state index in [1.807, 2.05) is 59.0 Å². The summed E-state index contributed by atoms with van der Waals surface area (Å²) in [5.41, 5.74) is 12.9. The molecule has 0 unspecified atom stereocenters. The van der Waals surface area contributed by atoms with E-state index in [0.717, 1.165) is 82.3 Å². The van der Waals surface area contributed by atoms with E-state index in [9.17, 15) is 0 Å². The summed E-state index contributed by atoms with van der Waals surface area (Å²) in [4.78, 5) is 9.53. The number of aryl methyl sites for hydroxylation is 5. The quantitative estimate of drug-likeness (QED) is 0.177. The van der Waals surface area contributed by atoms with Crippen LogP contribution in [0, 0.1) is 27.7 Å². The van der Waals surface area contributed by atoms with Crippen LogP contribution in [-0.2, 0) is 7.05 Å². The molecule has 6 aromatic rings. The molecule has 0 amide bonds. The molecule has 0 atom stereocenters. The monoisotopic (exact) mass is 590 g/mol. The third kappa shape index (κ3) is 6.03. The van der Waals surface area contributed by atoms with Crippen molar-refractivity contribution in [3.63, 3.8) is 0 Å². The van der Waals surface area contributed by atoms with Gasteiger partial charge >= 0.3 is 0 Å². The van der Waals surface area contributed by atoms with Gasteiger partial charge in [0.15, 0.2) is 11.3 Å². The van der Waals surface area contributed by atoms with Crippen LogP contribution in [0.5, 0.6) is 0 Å². The fourth-order valence-electron chi connectivity index (χ4n) is 6.36. The van der Waals surface area contributed by atoms with Gasteiger partial charge in [0.2, 0.25) is 0 Å². The first-order valence-electron chi connectivity index (χ1n) is 16.0. The minimum Gasteiger partial charge on any atom is -0.274 e. The van der Waals surface area contributed by atoms with Crippen molar-refractivity contribution in [3.05, 3.63) is 88.8 Å². The van der Waals surface area contributed by atoms with Crippen LogP contribution in [0.15, 0.2) is 54.9 Å². The predicted molar refractivity (Wildman–Crippen MR) is 179 cm³/mol. The SMILES string of the molecule is CCC(CC)c1cc(C)nn2c(-c3cn(C)nc3-c3ccccc3)c(C)nc12.CCC(CC)c1cc(C)nn2cc(C)nc12. The van der Waals surface area contributed by atoms with Gasteiger partial charge < -0.3 is 0 Å². The molecule has 0 fully saturated rings. The molecule has 0 bridgehead atoms. The van der Waals surface area contributed by atoms with E-state index in [4.69, 9.17) is 15.2 Å². The normalized spacial score (nSPS) is 11.6. The smallest absolute Gasteiger partial charge is 0.157 e. The first-order chi connectivity index (χ1) is 21.2. The maximum Gasteiger partial charge on any atom is 0.157 e. The number of imidazole rings is 2. The highest BCUT2D eigenvalue weighted by Gasteiger charge is 2.23. The van der Waals surface area contributed by atoms with Gasteiger partial charge in [-0.2, -0.15) is 15.3 Å². The molecule has 5 heterocycles. The van der Waals surface area contributed by atoms with Gasteiger partial charge in [-0.3, -0.25) is 4.68 Å². The van der Waals surface area contributed by atoms with Crippen LogP contribution in [0.4, 0.5) is 0 Å². The van der Waals surface area contributed by atoms with Crippen LogP contribution < -0.4 is 0 Å². The number of aromatic nitrogens is 8. The van der Waals surface area contributed by atoms with Crippen LogP contribution in [0.1, 0.15) is 99.1 Å². The highest BCUT2D eigenvalue weighted by molar-refractivity contribution is 5.81. The van der Waals surface area contributed by atoms with Crippen molar-refractivity contribution >= 4 is 11.3 Å². The average molecular weight is 591 g/mol. The van der Waals surface area contributed by atoms with Crippen molar-refractivity contribution in [2.24, 2.45) is 7.05 Å². The zero-order chi connectivity index (χ0) is 31.5. The van der Waals surface area contributed by atoms with E-state index >= 15 is 0 Å². The van der Waals surface area contributed by atoms with Gasteiger partial charge in [-0.15, -0.1) is 0 Å². The number of fused-ring (bicyclic) bond motifs is 2. The summed E-state index contributed by atoms with van der Waals surface area (Å²) in [7, 11) is 1.96. The third-order valence-corrected chi connectivity index (χ3v) is 8.59. The van der Waals surface area contributed by atoms with Gasteiger partial charge in [0.05, 0.1) is 34.7 Å². The Morgan fingerprint density at radius 3 is 1.86 bits per heavy atom. The summed E-state index contributed by atoms with van der Waals surface area (Å²) in [6.07, 6.45) is 8.56. The highest BCUT2D eigenvalue weighted by atomic mass is 15.3. The standard InChI is InChI=1S/C23H27N5.C13H19N3/c1-6-17(7-2)19-13-15(3)25-28-22(16(4)24-23(19)28)20-14-27(5)26-21(20)18-11-9-8-10-12-18;1-5-11(6-2)12-7-9(3)15-16-8-10(4)14-13(12)16/h8-14,17H,6-7H2,1-5H3;7-8,11H,5-6H2,1-4H3. The Morgan fingerprint density at radius 1 is 0.659 bits per heavy atom. The van der Waals surface area contributed by atoms with Crippen molar-refractivity contribution in [2.75, 3.05) is 0 Å². The lowest BCUT2D eigenvalue weighted by molar-refractivity contribution is 0.638. The lowest BCUT2D eigenvalue weighted by Crippen LogP contribution is -2.05. The molecule has 8 heteroatoms. The molecule has 0 spiro atoms. The Bertz CT molecular complexity index is 1870. The van der Waals surface area contributed by atoms with Gasteiger partial charge in [-0.25, -0.2) is 19.0 Å². The lowest BCUT2D eigenvalue weighted by atomic mass is 9.95. The van der Waals surface area contributed by atoms with Gasteiger partial charge in [0.25, 0.3) is 0 Å². The van der Waals surface area contributed by atoms with Gasteiger partial charge in [-0.1, -0.05) is 58.0 Å². The van der Waals surface area contributed by atoms with Gasteiger partial charge in [0.1, 0.15) is 5.69 Å². The fourth-order valence-corrected chi connectivity index (χ4v) is 6.36. The number of nitrogens with zero attached hydrogens (tertiary/aromatic N) is 8. The largest absolute Gasteiger partial charge is 0.274 e. The third-order valence-electron chi connectivity index (χ3n) is 8.59. The molecule has 1 aromatic carbocycles. The molecule has 0 aliphatic rings. The summed E-state index contributed by atoms with van der Waals surface area (Å²) < 4.78 is 5.81. The molecule has 0 saturated heterocycles. The predicted octanol–water partition coefficient (Wildman–Crippen LogP) is 8.57. The Balaban J connectivity index is 0.000000204. The first-order valence-corrected chi connectivity index (χ1v) is 16.0. The zero-order valence-electron chi connectivity index (χ0n) is 27.8. The van der Waals surface area contributed by atoms with E-state index < -0.39 is 0 Å². The second-order valence-corrected chi connectivity index (χ2v) is 11.9. The van der Waals surface area contributed by atoms with Crippen molar-refractivity contribution in [1.29, 1.82) is 0 Å². The molecule has 44 heavy (non-hydrogen) atoms. The van der Waals surface area contributed by atoms with E-state index in [1.165, 1.54) is 11.1 Å². The summed E-state index contributed by atoms with van der Waals surface area (Å²) >= 11 is 0. The maximum absolute atomic E-state index is 4.95. The maximum atomic E-state index is 4.95. The van der Waals surface area contributed by atoms with Crippen molar-refractivity contribution in [3.8, 4) is 22.5 Å². The van der Waals surface area contributed by atoms with E-state index in [-0.39, 0.29) is 0 Å². The average Bonchev–Trinajstić information content (AvgIpc) is 3.67. The Morgan fingerprint density at radius 2 is 1.25 bits per heavy atom. The van der Waals surface area contributed by atoms with E-state index in [1.54, 1.807) is 0 Å². The van der Waals surface area contributed by atoms with Crippen molar-refractivity contribution in [2.45, 2.75) is 92.9 Å². The fraction of sp³-hybridized carbons (Fsp3) is 0.417. The molecule has 0 N–H and O–H groups in total. The molecule has 230 valence electrons. The number of rotatable bonds is 8. The van der Waals surface area contributed by atoms with Crippen molar-refractivity contribution in [1.82, 2.24) is 39.0 Å². The molecule has 0 aliphatic heterocycles. The zero-order valence-corrected chi connectivity index (χ0v) is 27.8. The molecule has 0 saturated carbocycles. The summed E-state index contributed by atoms with van der Waals surface area (Å²) in [6, 6.07) is 14.7. The topological polar surface area (TPSA) is 78.2 Å². The van der Waals surface area contributed by atoms with E-state index in [0.29, 0.717) is 11.8 Å². The highest BCUT2D eigenvalue weighted by Crippen LogP contribution is 2.35. The van der Waals surface area contributed by atoms with Gasteiger partial charge in [-0.05, 0) is 77.3 Å². The van der Waals surface area contributed by atoms with Crippen LogP contribution in [-0.4, -0.2) is 39.0 Å². The molecule has 8 nitrogen and oxygen atoms in total. The van der Waals surface area contributed by atoms with Crippen LogP contribution in [0.2, 0.25) is 0 Å². The molecule has 5 aromatic heterocycles. The number of hydrogen-bond donors (Lipinski definition) is 0. The number of hydrogen-bond acceptors (Lipinski definition) is 5. The van der Waals surface area contributed by atoms with Crippen LogP contribution in [0.25, 0.3) is 33.8 Å². The van der Waals surface area contributed by atoms with Crippen LogP contribution >= 0.6 is 0 Å².